The van der Waals surface area contributed by atoms with E-state index in [-0.39, 0.29) is 12.1 Å². The molecule has 2 nitrogen and oxygen atoms in total. The Morgan fingerprint density at radius 3 is 2.27 bits per heavy atom. The van der Waals surface area contributed by atoms with Gasteiger partial charge in [0.25, 0.3) is 0 Å². The van der Waals surface area contributed by atoms with Crippen molar-refractivity contribution in [1.29, 1.82) is 0 Å². The summed E-state index contributed by atoms with van der Waals surface area (Å²) in [6, 6.07) is 0. The maximum absolute atomic E-state index is 10.9. The summed E-state index contributed by atoms with van der Waals surface area (Å²) in [6.07, 6.45) is 0.00950. The summed E-state index contributed by atoms with van der Waals surface area (Å²) in [6.45, 7) is 7.84. The Bertz CT molecular complexity index is 121. The fourth-order valence-electron chi connectivity index (χ4n) is 0.532. The molecule has 0 atom stereocenters. The average molecular weight is 176 g/mol. The molecule has 0 amide bonds. The summed E-state index contributed by atoms with van der Waals surface area (Å²) in [5.74, 6) is 0.356. The van der Waals surface area contributed by atoms with Gasteiger partial charge in [0.05, 0.1) is 11.9 Å². The van der Waals surface area contributed by atoms with E-state index >= 15 is 0 Å². The van der Waals surface area contributed by atoms with Gasteiger partial charge in [-0.2, -0.15) is 0 Å². The molecule has 0 heterocycles. The smallest absolute Gasteiger partial charge is 0.316 e. The predicted octanol–water partition coefficient (Wildman–Crippen LogP) is 2.08. The largest absolute Gasteiger partial charge is 0.462 e. The third-order valence-electron chi connectivity index (χ3n) is 0.902. The van der Waals surface area contributed by atoms with Gasteiger partial charge in [-0.25, -0.2) is 0 Å². The van der Waals surface area contributed by atoms with Gasteiger partial charge in [-0.15, -0.1) is 11.8 Å². The summed E-state index contributed by atoms with van der Waals surface area (Å²) < 4.78 is 4.94. The van der Waals surface area contributed by atoms with E-state index in [9.17, 15) is 4.79 Å². The SMILES string of the molecule is CC(C)OC(=O)CSC(C)C. The first kappa shape index (κ1) is 10.8. The standard InChI is InChI=1S/C8H16O2S/c1-6(2)10-8(9)5-11-7(3)4/h6-7H,5H2,1-4H3. The van der Waals surface area contributed by atoms with Crippen LogP contribution in [0.4, 0.5) is 0 Å². The third-order valence-corrected chi connectivity index (χ3v) is 1.97. The fourth-order valence-corrected chi connectivity index (χ4v) is 1.07. The van der Waals surface area contributed by atoms with E-state index in [4.69, 9.17) is 4.74 Å². The van der Waals surface area contributed by atoms with Gasteiger partial charge in [0.1, 0.15) is 0 Å². The normalized spacial score (nSPS) is 10.7. The summed E-state index contributed by atoms with van der Waals surface area (Å²) in [5, 5.41) is 0.495. The highest BCUT2D eigenvalue weighted by molar-refractivity contribution is 8.00. The summed E-state index contributed by atoms with van der Waals surface area (Å²) in [4.78, 5) is 10.9. The highest BCUT2D eigenvalue weighted by Crippen LogP contribution is 2.09. The predicted molar refractivity (Wildman–Crippen MR) is 48.8 cm³/mol. The van der Waals surface area contributed by atoms with Crippen LogP contribution in [0.1, 0.15) is 27.7 Å². The molecule has 0 saturated carbocycles. The Kier molecular flexibility index (Phi) is 5.38. The van der Waals surface area contributed by atoms with Gasteiger partial charge in [-0.1, -0.05) is 13.8 Å². The first-order valence-corrected chi connectivity index (χ1v) is 4.88. The van der Waals surface area contributed by atoms with Gasteiger partial charge in [-0.3, -0.25) is 4.79 Å². The molecule has 11 heavy (non-hydrogen) atoms. The minimum atomic E-state index is -0.112. The zero-order chi connectivity index (χ0) is 8.85. The molecule has 0 spiro atoms. The van der Waals surface area contributed by atoms with Crippen LogP contribution in [0.2, 0.25) is 0 Å². The van der Waals surface area contributed by atoms with E-state index in [2.05, 4.69) is 13.8 Å². The second-order valence-corrected chi connectivity index (χ2v) is 4.46. The summed E-state index contributed by atoms with van der Waals surface area (Å²) in [7, 11) is 0. The van der Waals surface area contributed by atoms with Crippen LogP contribution in [0, 0.1) is 0 Å². The molecule has 0 aliphatic rings. The lowest BCUT2D eigenvalue weighted by atomic mass is 10.5. The maximum Gasteiger partial charge on any atom is 0.316 e. The lowest BCUT2D eigenvalue weighted by molar-refractivity contribution is -0.144. The number of hydrogen-bond acceptors (Lipinski definition) is 3. The summed E-state index contributed by atoms with van der Waals surface area (Å²) in [5.41, 5.74) is 0. The number of ether oxygens (including phenoxy) is 1. The molecule has 0 radical (unpaired) electrons. The minimum absolute atomic E-state index is 0.00950. The van der Waals surface area contributed by atoms with Crippen molar-refractivity contribution in [3.05, 3.63) is 0 Å². The fraction of sp³-hybridized carbons (Fsp3) is 0.875. The van der Waals surface area contributed by atoms with Crippen LogP contribution >= 0.6 is 11.8 Å². The Morgan fingerprint density at radius 2 is 1.91 bits per heavy atom. The van der Waals surface area contributed by atoms with Crippen molar-refractivity contribution in [2.75, 3.05) is 5.75 Å². The van der Waals surface area contributed by atoms with E-state index in [1.165, 1.54) is 0 Å². The van der Waals surface area contributed by atoms with Gasteiger partial charge >= 0.3 is 5.97 Å². The molecule has 0 saturated heterocycles. The lowest BCUT2D eigenvalue weighted by Gasteiger charge is -2.08. The molecular formula is C8H16O2S. The van der Waals surface area contributed by atoms with E-state index in [0.717, 1.165) is 0 Å². The van der Waals surface area contributed by atoms with Crippen LogP contribution in [0.5, 0.6) is 0 Å². The Hall–Kier alpha value is -0.180. The van der Waals surface area contributed by atoms with E-state index < -0.39 is 0 Å². The molecule has 0 unspecified atom stereocenters. The number of esters is 1. The number of hydrogen-bond donors (Lipinski definition) is 0. The van der Waals surface area contributed by atoms with E-state index in [1.807, 2.05) is 13.8 Å². The molecule has 0 aliphatic heterocycles. The molecular weight excluding hydrogens is 160 g/mol. The molecule has 3 heteroatoms. The molecule has 0 fully saturated rings. The van der Waals surface area contributed by atoms with Crippen molar-refractivity contribution in [1.82, 2.24) is 0 Å². The van der Waals surface area contributed by atoms with Crippen molar-refractivity contribution in [2.24, 2.45) is 0 Å². The average Bonchev–Trinajstić information content (AvgIpc) is 1.82. The Labute approximate surface area is 72.7 Å². The molecule has 0 aromatic carbocycles. The molecule has 0 rings (SSSR count). The van der Waals surface area contributed by atoms with Crippen LogP contribution in [0.3, 0.4) is 0 Å². The van der Waals surface area contributed by atoms with Gasteiger partial charge in [0.15, 0.2) is 0 Å². The van der Waals surface area contributed by atoms with E-state index in [0.29, 0.717) is 11.0 Å². The molecule has 66 valence electrons. The molecule has 0 aromatic heterocycles. The van der Waals surface area contributed by atoms with Crippen LogP contribution < -0.4 is 0 Å². The Morgan fingerprint density at radius 1 is 1.36 bits per heavy atom. The molecule has 0 aliphatic carbocycles. The first-order valence-electron chi connectivity index (χ1n) is 3.83. The topological polar surface area (TPSA) is 26.3 Å². The number of rotatable bonds is 4. The zero-order valence-electron chi connectivity index (χ0n) is 7.59. The van der Waals surface area contributed by atoms with Crippen molar-refractivity contribution >= 4 is 17.7 Å². The number of carbonyl (C=O) groups is 1. The van der Waals surface area contributed by atoms with Gasteiger partial charge < -0.3 is 4.74 Å². The van der Waals surface area contributed by atoms with Crippen LogP contribution in [-0.4, -0.2) is 23.1 Å². The second kappa shape index (κ2) is 5.47. The number of thioether (sulfide) groups is 1. The van der Waals surface area contributed by atoms with Crippen molar-refractivity contribution in [2.45, 2.75) is 39.0 Å². The Balaban J connectivity index is 3.38. The van der Waals surface area contributed by atoms with Crippen LogP contribution in [-0.2, 0) is 9.53 Å². The second-order valence-electron chi connectivity index (χ2n) is 2.90. The van der Waals surface area contributed by atoms with Crippen molar-refractivity contribution in [3.8, 4) is 0 Å². The van der Waals surface area contributed by atoms with Gasteiger partial charge in [0, 0.05) is 0 Å². The van der Waals surface area contributed by atoms with Gasteiger partial charge in [-0.05, 0) is 19.1 Å². The monoisotopic (exact) mass is 176 g/mol. The quantitative estimate of drug-likeness (QED) is 0.613. The third kappa shape index (κ3) is 7.72. The molecule has 0 N–H and O–H groups in total. The van der Waals surface area contributed by atoms with E-state index in [1.54, 1.807) is 11.8 Å². The van der Waals surface area contributed by atoms with Gasteiger partial charge in [0.2, 0.25) is 0 Å². The molecule has 0 aromatic rings. The summed E-state index contributed by atoms with van der Waals surface area (Å²) >= 11 is 1.61. The van der Waals surface area contributed by atoms with Crippen LogP contribution in [0.25, 0.3) is 0 Å². The minimum Gasteiger partial charge on any atom is -0.462 e. The van der Waals surface area contributed by atoms with Crippen molar-refractivity contribution in [3.63, 3.8) is 0 Å². The first-order chi connectivity index (χ1) is 5.02. The lowest BCUT2D eigenvalue weighted by Crippen LogP contribution is -2.14. The molecule has 0 bridgehead atoms. The number of carbonyl (C=O) groups excluding carboxylic acids is 1. The highest BCUT2D eigenvalue weighted by Gasteiger charge is 2.05. The van der Waals surface area contributed by atoms with Crippen LogP contribution in [0.15, 0.2) is 0 Å². The van der Waals surface area contributed by atoms with Crippen molar-refractivity contribution < 1.29 is 9.53 Å². The maximum atomic E-state index is 10.9. The highest BCUT2D eigenvalue weighted by atomic mass is 32.2. The zero-order valence-corrected chi connectivity index (χ0v) is 8.40.